The van der Waals surface area contributed by atoms with Crippen molar-refractivity contribution in [2.45, 2.75) is 59.0 Å². The molecule has 0 aliphatic heterocycles. The first-order valence-corrected chi connectivity index (χ1v) is 10.6. The average molecular weight is 398 g/mol. The number of fused-ring (bicyclic) bond motifs is 5. The Balaban J connectivity index is 1.71. The maximum atomic E-state index is 13.0. The third kappa shape index (κ3) is 2.66. The molecule has 0 amide bonds. The van der Waals surface area contributed by atoms with Gasteiger partial charge in [0.2, 0.25) is 5.78 Å². The fraction of sp³-hybridized carbons (Fsp3) is 0.625. The summed E-state index contributed by atoms with van der Waals surface area (Å²) in [6.45, 7) is 7.03. The maximum Gasteiger partial charge on any atom is 0.303 e. The SMILES string of the molecule is CC(=O)OCC(=O)[C@@]1(O)[C@H](C)CC2C3CCC4=CC(=O)C=CC4(C)C3=CC[C@@]21C. The number of hydrogen-bond acceptors (Lipinski definition) is 5. The van der Waals surface area contributed by atoms with Gasteiger partial charge in [-0.15, -0.1) is 0 Å². The minimum Gasteiger partial charge on any atom is -0.458 e. The van der Waals surface area contributed by atoms with Crippen molar-refractivity contribution in [3.63, 3.8) is 0 Å². The van der Waals surface area contributed by atoms with Gasteiger partial charge in [-0.25, -0.2) is 0 Å². The van der Waals surface area contributed by atoms with Gasteiger partial charge < -0.3 is 9.84 Å². The van der Waals surface area contributed by atoms with E-state index in [9.17, 15) is 19.5 Å². The molecule has 0 radical (unpaired) electrons. The minimum atomic E-state index is -1.51. The topological polar surface area (TPSA) is 80.7 Å². The van der Waals surface area contributed by atoms with Crippen LogP contribution in [0, 0.1) is 28.6 Å². The van der Waals surface area contributed by atoms with Gasteiger partial charge in [0.1, 0.15) is 5.60 Å². The molecule has 1 N–H and O–H groups in total. The van der Waals surface area contributed by atoms with E-state index in [-0.39, 0.29) is 35.6 Å². The first-order valence-electron chi connectivity index (χ1n) is 10.6. The summed E-state index contributed by atoms with van der Waals surface area (Å²) in [5, 5.41) is 11.7. The maximum absolute atomic E-state index is 13.0. The molecule has 0 bridgehead atoms. The van der Waals surface area contributed by atoms with E-state index in [1.54, 1.807) is 12.2 Å². The van der Waals surface area contributed by atoms with Gasteiger partial charge in [-0.05, 0) is 62.5 Å². The number of allylic oxidation sites excluding steroid dienone is 6. The molecule has 0 aromatic heterocycles. The highest BCUT2D eigenvalue weighted by Gasteiger charge is 2.67. The van der Waals surface area contributed by atoms with Crippen molar-refractivity contribution < 1.29 is 24.2 Å². The Morgan fingerprint density at radius 1 is 1.31 bits per heavy atom. The average Bonchev–Trinajstić information content (AvgIpc) is 2.88. The lowest BCUT2D eigenvalue weighted by atomic mass is 9.51. The van der Waals surface area contributed by atoms with Crippen LogP contribution in [0.4, 0.5) is 0 Å². The standard InChI is InChI=1S/C24H30O5/c1-14-11-20-18-6-5-16-12-17(26)7-9-22(16,3)19(18)8-10-23(20,4)24(14,28)21(27)13-29-15(2)25/h7-9,12,14,18,20,28H,5-6,10-11,13H2,1-4H3/t14-,18?,20?,22?,23+,24+/m1/s1. The van der Waals surface area contributed by atoms with Gasteiger partial charge >= 0.3 is 5.97 Å². The Bertz CT molecular complexity index is 880. The van der Waals surface area contributed by atoms with Gasteiger partial charge in [0, 0.05) is 17.8 Å². The number of hydrogen-bond donors (Lipinski definition) is 1. The summed E-state index contributed by atoms with van der Waals surface area (Å²) >= 11 is 0. The molecule has 29 heavy (non-hydrogen) atoms. The quantitative estimate of drug-likeness (QED) is 0.583. The van der Waals surface area contributed by atoms with Crippen molar-refractivity contribution in [3.05, 3.63) is 35.5 Å². The van der Waals surface area contributed by atoms with Gasteiger partial charge in [0.05, 0.1) is 0 Å². The van der Waals surface area contributed by atoms with Crippen molar-refractivity contribution in [1.82, 2.24) is 0 Å². The van der Waals surface area contributed by atoms with E-state index >= 15 is 0 Å². The lowest BCUT2D eigenvalue weighted by Crippen LogP contribution is -2.57. The fourth-order valence-electron chi connectivity index (χ4n) is 6.74. The first kappa shape index (κ1) is 20.3. The van der Waals surface area contributed by atoms with Crippen LogP contribution < -0.4 is 0 Å². The predicted octanol–water partition coefficient (Wildman–Crippen LogP) is 3.32. The molecular formula is C24H30O5. The molecule has 2 fully saturated rings. The third-order valence-corrected chi connectivity index (χ3v) is 8.36. The Hall–Kier alpha value is -2.01. The summed E-state index contributed by atoms with van der Waals surface area (Å²) in [6.07, 6.45) is 10.8. The van der Waals surface area contributed by atoms with Crippen molar-refractivity contribution in [2.24, 2.45) is 28.6 Å². The second-order valence-corrected chi connectivity index (χ2v) is 9.75. The van der Waals surface area contributed by atoms with Crippen LogP contribution in [0.5, 0.6) is 0 Å². The molecule has 0 aromatic carbocycles. The molecule has 5 heteroatoms. The Morgan fingerprint density at radius 3 is 2.72 bits per heavy atom. The van der Waals surface area contributed by atoms with E-state index in [0.717, 1.165) is 19.3 Å². The highest BCUT2D eigenvalue weighted by Crippen LogP contribution is 2.66. The summed E-state index contributed by atoms with van der Waals surface area (Å²) < 4.78 is 4.95. The van der Waals surface area contributed by atoms with E-state index in [1.165, 1.54) is 18.1 Å². The molecule has 0 aromatic rings. The van der Waals surface area contributed by atoms with Gasteiger partial charge in [0.25, 0.3) is 0 Å². The zero-order valence-corrected chi connectivity index (χ0v) is 17.7. The predicted molar refractivity (Wildman–Crippen MR) is 108 cm³/mol. The van der Waals surface area contributed by atoms with Gasteiger partial charge in [-0.2, -0.15) is 0 Å². The highest BCUT2D eigenvalue weighted by atomic mass is 16.5. The van der Waals surface area contributed by atoms with Crippen LogP contribution in [0.1, 0.15) is 53.4 Å². The van der Waals surface area contributed by atoms with Crippen LogP contribution in [-0.4, -0.2) is 34.9 Å². The van der Waals surface area contributed by atoms with Crippen molar-refractivity contribution in [1.29, 1.82) is 0 Å². The second kappa shape index (κ2) is 6.49. The number of carbonyl (C=O) groups is 3. The molecule has 156 valence electrons. The molecule has 6 atom stereocenters. The van der Waals surface area contributed by atoms with Crippen LogP contribution in [0.2, 0.25) is 0 Å². The van der Waals surface area contributed by atoms with Crippen LogP contribution in [0.3, 0.4) is 0 Å². The van der Waals surface area contributed by atoms with E-state index in [0.29, 0.717) is 6.42 Å². The molecule has 4 rings (SSSR count). The monoisotopic (exact) mass is 398 g/mol. The van der Waals surface area contributed by atoms with Crippen LogP contribution in [-0.2, 0) is 19.1 Å². The molecule has 5 nitrogen and oxygen atoms in total. The van der Waals surface area contributed by atoms with Crippen LogP contribution in [0.15, 0.2) is 35.5 Å². The fourth-order valence-corrected chi connectivity index (χ4v) is 6.74. The Morgan fingerprint density at radius 2 is 2.03 bits per heavy atom. The van der Waals surface area contributed by atoms with Gasteiger partial charge in [0.15, 0.2) is 12.4 Å². The molecule has 4 aliphatic rings. The molecule has 4 aliphatic carbocycles. The molecule has 0 spiro atoms. The van der Waals surface area contributed by atoms with Crippen molar-refractivity contribution in [3.8, 4) is 0 Å². The molecule has 0 saturated heterocycles. The largest absolute Gasteiger partial charge is 0.458 e. The smallest absolute Gasteiger partial charge is 0.303 e. The zero-order valence-electron chi connectivity index (χ0n) is 17.7. The zero-order chi connectivity index (χ0) is 21.2. The molecule has 3 unspecified atom stereocenters. The Kier molecular flexibility index (Phi) is 4.54. The lowest BCUT2D eigenvalue weighted by molar-refractivity contribution is -0.167. The van der Waals surface area contributed by atoms with E-state index < -0.39 is 22.8 Å². The third-order valence-electron chi connectivity index (χ3n) is 8.36. The van der Waals surface area contributed by atoms with Crippen LogP contribution in [0.25, 0.3) is 0 Å². The van der Waals surface area contributed by atoms with E-state index in [2.05, 4.69) is 13.0 Å². The number of ketones is 2. The number of rotatable bonds is 3. The van der Waals surface area contributed by atoms with E-state index in [4.69, 9.17) is 4.74 Å². The highest BCUT2D eigenvalue weighted by molar-refractivity contribution is 6.01. The summed E-state index contributed by atoms with van der Waals surface area (Å²) in [5.74, 6) is -0.621. The van der Waals surface area contributed by atoms with Gasteiger partial charge in [-0.1, -0.05) is 37.1 Å². The summed E-state index contributed by atoms with van der Waals surface area (Å²) in [7, 11) is 0. The Labute approximate surface area is 171 Å². The lowest BCUT2D eigenvalue weighted by Gasteiger charge is -2.53. The van der Waals surface area contributed by atoms with Gasteiger partial charge in [-0.3, -0.25) is 14.4 Å². The van der Waals surface area contributed by atoms with Crippen molar-refractivity contribution in [2.75, 3.05) is 6.61 Å². The number of Topliss-reactive ketones (excluding diaryl/α,β-unsaturated/α-hetero) is 1. The summed E-state index contributed by atoms with van der Waals surface area (Å²) in [6, 6.07) is 0. The second-order valence-electron chi connectivity index (χ2n) is 9.75. The van der Waals surface area contributed by atoms with Crippen molar-refractivity contribution >= 4 is 17.5 Å². The van der Waals surface area contributed by atoms with Crippen LogP contribution >= 0.6 is 0 Å². The summed E-state index contributed by atoms with van der Waals surface area (Å²) in [4.78, 5) is 36.1. The molecule has 2 saturated carbocycles. The number of esters is 1. The first-order chi connectivity index (χ1) is 13.5. The molecule has 0 heterocycles. The van der Waals surface area contributed by atoms with E-state index in [1.807, 2.05) is 19.9 Å². The number of carbonyl (C=O) groups excluding carboxylic acids is 3. The number of aliphatic hydroxyl groups is 1. The molecular weight excluding hydrogens is 368 g/mol. The normalized spacial score (nSPS) is 42.9. The summed E-state index contributed by atoms with van der Waals surface area (Å²) in [5.41, 5.74) is 0.145. The number of ether oxygens (including phenoxy) is 1. The minimum absolute atomic E-state index is 0.0529.